The van der Waals surface area contributed by atoms with Crippen molar-refractivity contribution in [3.8, 4) is 5.75 Å². The van der Waals surface area contributed by atoms with E-state index in [-0.39, 0.29) is 11.9 Å². The molecule has 1 aliphatic heterocycles. The van der Waals surface area contributed by atoms with Gasteiger partial charge in [-0.25, -0.2) is 0 Å². The fourth-order valence-electron chi connectivity index (χ4n) is 2.87. The van der Waals surface area contributed by atoms with Gasteiger partial charge in [0.05, 0.1) is 0 Å². The van der Waals surface area contributed by atoms with Crippen LogP contribution in [-0.2, 0) is 4.79 Å². The number of nitrogens with zero attached hydrogens (tertiary/aromatic N) is 1. The number of piperidine rings is 1. The van der Waals surface area contributed by atoms with Gasteiger partial charge in [0.15, 0.2) is 6.10 Å². The molecule has 1 aliphatic rings. The monoisotopic (exact) mass is 382 g/mol. The van der Waals surface area contributed by atoms with Crippen molar-refractivity contribution >= 4 is 21.8 Å². The van der Waals surface area contributed by atoms with E-state index < -0.39 is 6.10 Å². The lowest BCUT2D eigenvalue weighted by atomic mass is 10.0. The summed E-state index contributed by atoms with van der Waals surface area (Å²) in [5.74, 6) is 1.37. The van der Waals surface area contributed by atoms with Crippen LogP contribution in [0.4, 0.5) is 0 Å². The lowest BCUT2D eigenvalue weighted by Gasteiger charge is -2.33. The van der Waals surface area contributed by atoms with Gasteiger partial charge in [-0.05, 0) is 49.9 Å². The Kier molecular flexibility index (Phi) is 6.90. The van der Waals surface area contributed by atoms with Crippen molar-refractivity contribution in [3.05, 3.63) is 28.7 Å². The number of hydrogen-bond donors (Lipinski definition) is 1. The van der Waals surface area contributed by atoms with Crippen LogP contribution in [0.5, 0.6) is 5.75 Å². The molecular formula is C18H27BrN2O2. The Balaban J connectivity index is 1.75. The van der Waals surface area contributed by atoms with Gasteiger partial charge in [0, 0.05) is 30.1 Å². The fourth-order valence-corrected chi connectivity index (χ4v) is 3.13. The minimum absolute atomic E-state index is 0.0322. The molecule has 0 unspecified atom stereocenters. The van der Waals surface area contributed by atoms with Crippen molar-refractivity contribution in [2.45, 2.75) is 45.8 Å². The van der Waals surface area contributed by atoms with Crippen molar-refractivity contribution in [1.29, 1.82) is 0 Å². The third-order valence-electron chi connectivity index (χ3n) is 4.05. The standard InChI is InChI=1S/C18H27BrN2O2/c1-13(2)12-21-10-8-16(9-11-21)20-18(22)14(3)23-17-6-4-15(19)5-7-17/h4-7,13-14,16H,8-12H2,1-3H3,(H,20,22)/t14-/m1/s1. The molecule has 2 rings (SSSR count). The molecule has 1 saturated heterocycles. The van der Waals surface area contributed by atoms with Gasteiger partial charge >= 0.3 is 0 Å². The Morgan fingerprint density at radius 2 is 1.87 bits per heavy atom. The summed E-state index contributed by atoms with van der Waals surface area (Å²) in [6.07, 6.45) is 1.55. The molecule has 1 heterocycles. The Hall–Kier alpha value is -1.07. The summed E-state index contributed by atoms with van der Waals surface area (Å²) in [7, 11) is 0. The van der Waals surface area contributed by atoms with Crippen LogP contribution in [0, 0.1) is 5.92 Å². The molecule has 0 spiro atoms. The predicted octanol–water partition coefficient (Wildman–Crippen LogP) is 3.45. The quantitative estimate of drug-likeness (QED) is 0.818. The lowest BCUT2D eigenvalue weighted by Crippen LogP contribution is -2.48. The van der Waals surface area contributed by atoms with Crippen LogP contribution in [0.3, 0.4) is 0 Å². The first-order valence-electron chi connectivity index (χ1n) is 8.39. The van der Waals surface area contributed by atoms with Gasteiger partial charge in [0.25, 0.3) is 5.91 Å². The number of hydrogen-bond acceptors (Lipinski definition) is 3. The number of likely N-dealkylation sites (tertiary alicyclic amines) is 1. The van der Waals surface area contributed by atoms with Crippen molar-refractivity contribution in [2.24, 2.45) is 5.92 Å². The molecule has 0 saturated carbocycles. The Morgan fingerprint density at radius 1 is 1.26 bits per heavy atom. The maximum Gasteiger partial charge on any atom is 0.260 e. The van der Waals surface area contributed by atoms with Crippen molar-refractivity contribution in [2.75, 3.05) is 19.6 Å². The molecule has 23 heavy (non-hydrogen) atoms. The molecular weight excluding hydrogens is 356 g/mol. The average Bonchev–Trinajstić information content (AvgIpc) is 2.51. The summed E-state index contributed by atoms with van der Waals surface area (Å²) in [6, 6.07) is 7.80. The number of rotatable bonds is 6. The van der Waals surface area contributed by atoms with Crippen molar-refractivity contribution in [3.63, 3.8) is 0 Å². The molecule has 5 heteroatoms. The van der Waals surface area contributed by atoms with Gasteiger partial charge in [0.1, 0.15) is 5.75 Å². The fraction of sp³-hybridized carbons (Fsp3) is 0.611. The molecule has 0 bridgehead atoms. The second kappa shape index (κ2) is 8.69. The van der Waals surface area contributed by atoms with E-state index in [9.17, 15) is 4.79 Å². The Morgan fingerprint density at radius 3 is 2.43 bits per heavy atom. The van der Waals surface area contributed by atoms with Gasteiger partial charge in [0.2, 0.25) is 0 Å². The zero-order valence-corrected chi connectivity index (χ0v) is 15.8. The highest BCUT2D eigenvalue weighted by Crippen LogP contribution is 2.18. The van der Waals surface area contributed by atoms with E-state index in [1.54, 1.807) is 6.92 Å². The topological polar surface area (TPSA) is 41.6 Å². The number of ether oxygens (including phenoxy) is 1. The minimum Gasteiger partial charge on any atom is -0.481 e. The number of nitrogens with one attached hydrogen (secondary N) is 1. The summed E-state index contributed by atoms with van der Waals surface area (Å²) in [4.78, 5) is 14.8. The number of amides is 1. The largest absolute Gasteiger partial charge is 0.481 e. The maximum absolute atomic E-state index is 12.3. The molecule has 1 atom stereocenters. The predicted molar refractivity (Wildman–Crippen MR) is 96.7 cm³/mol. The molecule has 1 aromatic rings. The summed E-state index contributed by atoms with van der Waals surface area (Å²) >= 11 is 3.39. The third kappa shape index (κ3) is 6.15. The zero-order chi connectivity index (χ0) is 16.8. The first-order chi connectivity index (χ1) is 10.9. The van der Waals surface area contributed by atoms with Gasteiger partial charge < -0.3 is 15.0 Å². The number of halogens is 1. The third-order valence-corrected chi connectivity index (χ3v) is 4.58. The highest BCUT2D eigenvalue weighted by atomic mass is 79.9. The summed E-state index contributed by atoms with van der Waals surface area (Å²) < 4.78 is 6.70. The van der Waals surface area contributed by atoms with Gasteiger partial charge in [-0.3, -0.25) is 4.79 Å². The number of carbonyl (C=O) groups excluding carboxylic acids is 1. The van der Waals surface area contributed by atoms with E-state index in [1.165, 1.54) is 0 Å². The average molecular weight is 383 g/mol. The van der Waals surface area contributed by atoms with E-state index in [0.29, 0.717) is 11.7 Å². The molecule has 0 aliphatic carbocycles. The highest BCUT2D eigenvalue weighted by Gasteiger charge is 2.23. The van der Waals surface area contributed by atoms with Crippen LogP contribution in [0.1, 0.15) is 33.6 Å². The molecule has 1 aromatic carbocycles. The first kappa shape index (κ1) is 18.3. The minimum atomic E-state index is -0.482. The van der Waals surface area contributed by atoms with Crippen molar-refractivity contribution < 1.29 is 9.53 Å². The van der Waals surface area contributed by atoms with Crippen LogP contribution in [-0.4, -0.2) is 42.6 Å². The van der Waals surface area contributed by atoms with Crippen LogP contribution in [0.2, 0.25) is 0 Å². The van der Waals surface area contributed by atoms with E-state index in [4.69, 9.17) is 4.74 Å². The van der Waals surface area contributed by atoms with E-state index >= 15 is 0 Å². The summed E-state index contributed by atoms with van der Waals surface area (Å²) in [6.45, 7) is 9.55. The highest BCUT2D eigenvalue weighted by molar-refractivity contribution is 9.10. The first-order valence-corrected chi connectivity index (χ1v) is 9.18. The molecule has 4 nitrogen and oxygen atoms in total. The molecule has 0 aromatic heterocycles. The van der Waals surface area contributed by atoms with E-state index in [2.05, 4.69) is 40.0 Å². The van der Waals surface area contributed by atoms with Crippen LogP contribution >= 0.6 is 15.9 Å². The van der Waals surface area contributed by atoms with Gasteiger partial charge in [-0.15, -0.1) is 0 Å². The van der Waals surface area contributed by atoms with Crippen molar-refractivity contribution in [1.82, 2.24) is 10.2 Å². The van der Waals surface area contributed by atoms with Gasteiger partial charge in [-0.2, -0.15) is 0 Å². The van der Waals surface area contributed by atoms with Crippen LogP contribution in [0.15, 0.2) is 28.7 Å². The molecule has 1 amide bonds. The number of benzene rings is 1. The summed E-state index contributed by atoms with van der Waals surface area (Å²) in [5.41, 5.74) is 0. The second-order valence-corrected chi connectivity index (χ2v) is 7.61. The lowest BCUT2D eigenvalue weighted by molar-refractivity contribution is -0.128. The Labute approximate surface area is 147 Å². The normalized spacial score (nSPS) is 18.0. The molecule has 1 fully saturated rings. The Bertz CT molecular complexity index is 496. The number of carbonyl (C=O) groups is 1. The smallest absolute Gasteiger partial charge is 0.260 e. The van der Waals surface area contributed by atoms with E-state index in [0.717, 1.165) is 36.9 Å². The maximum atomic E-state index is 12.3. The zero-order valence-electron chi connectivity index (χ0n) is 14.2. The summed E-state index contributed by atoms with van der Waals surface area (Å²) in [5, 5.41) is 3.12. The van der Waals surface area contributed by atoms with E-state index in [1.807, 2.05) is 24.3 Å². The molecule has 128 valence electrons. The second-order valence-electron chi connectivity index (χ2n) is 6.69. The van der Waals surface area contributed by atoms with Gasteiger partial charge in [-0.1, -0.05) is 29.8 Å². The molecule has 1 N–H and O–H groups in total. The molecule has 0 radical (unpaired) electrons. The van der Waals surface area contributed by atoms with Crippen LogP contribution < -0.4 is 10.1 Å². The van der Waals surface area contributed by atoms with Crippen LogP contribution in [0.25, 0.3) is 0 Å². The SMILES string of the molecule is CC(C)CN1CCC(NC(=O)[C@@H](C)Oc2ccc(Br)cc2)CC1.